The topological polar surface area (TPSA) is 43.3 Å². The first-order valence-electron chi connectivity index (χ1n) is 10.2. The Morgan fingerprint density at radius 3 is 2.45 bits per heavy atom. The lowest BCUT2D eigenvalue weighted by atomic mass is 10.1. The zero-order valence-electron chi connectivity index (χ0n) is 17.9. The molecule has 0 aliphatic heterocycles. The Bertz CT molecular complexity index is 1260. The largest absolute Gasteiger partial charge is 0.496 e. The summed E-state index contributed by atoms with van der Waals surface area (Å²) in [5.41, 5.74) is 5.28. The third kappa shape index (κ3) is 4.04. The molecule has 1 aromatic heterocycles. The molecular formula is C26H25FN2O2. The van der Waals surface area contributed by atoms with Crippen molar-refractivity contribution in [3.05, 3.63) is 100 Å². The Morgan fingerprint density at radius 2 is 1.71 bits per heavy atom. The molecule has 0 saturated carbocycles. The zero-order valence-corrected chi connectivity index (χ0v) is 17.9. The van der Waals surface area contributed by atoms with Crippen molar-refractivity contribution in [2.24, 2.45) is 0 Å². The van der Waals surface area contributed by atoms with Crippen LogP contribution >= 0.6 is 0 Å². The summed E-state index contributed by atoms with van der Waals surface area (Å²) in [4.78, 5) is 12.8. The number of hydrogen-bond acceptors (Lipinski definition) is 2. The maximum Gasteiger partial charge on any atom is 0.251 e. The maximum atomic E-state index is 14.2. The van der Waals surface area contributed by atoms with Gasteiger partial charge in [0, 0.05) is 39.8 Å². The lowest BCUT2D eigenvalue weighted by Gasteiger charge is -2.11. The van der Waals surface area contributed by atoms with Gasteiger partial charge in [-0.2, -0.15) is 0 Å². The molecule has 0 saturated heterocycles. The average Bonchev–Trinajstić information content (AvgIpc) is 3.03. The lowest BCUT2D eigenvalue weighted by Crippen LogP contribution is -2.23. The maximum absolute atomic E-state index is 14.2. The molecule has 0 aliphatic rings. The molecular weight excluding hydrogens is 391 g/mol. The molecule has 0 aliphatic carbocycles. The molecule has 4 rings (SSSR count). The fraction of sp³-hybridized carbons (Fsp3) is 0.192. The Labute approximate surface area is 181 Å². The number of amides is 1. The Balaban J connectivity index is 1.60. The first-order valence-corrected chi connectivity index (χ1v) is 10.2. The zero-order chi connectivity index (χ0) is 22.0. The lowest BCUT2D eigenvalue weighted by molar-refractivity contribution is 0.0951. The van der Waals surface area contributed by atoms with Crippen LogP contribution in [0.2, 0.25) is 0 Å². The van der Waals surface area contributed by atoms with Crippen LogP contribution in [0.1, 0.15) is 32.7 Å². The van der Waals surface area contributed by atoms with Gasteiger partial charge in [-0.3, -0.25) is 4.79 Å². The SMILES string of the molecule is COc1ccccc1CNC(=O)c1ccc2c(c1)c(C)c(C)n2Cc1ccccc1F. The van der Waals surface area contributed by atoms with Crippen LogP contribution in [-0.4, -0.2) is 17.6 Å². The van der Waals surface area contributed by atoms with Crippen molar-refractivity contribution in [2.45, 2.75) is 26.9 Å². The summed E-state index contributed by atoms with van der Waals surface area (Å²) in [5, 5.41) is 3.97. The minimum absolute atomic E-state index is 0.147. The van der Waals surface area contributed by atoms with Gasteiger partial charge in [0.2, 0.25) is 0 Å². The molecule has 1 N–H and O–H groups in total. The summed E-state index contributed by atoms with van der Waals surface area (Å²) in [5.74, 6) is 0.385. The predicted octanol–water partition coefficient (Wildman–Crippen LogP) is 5.38. The van der Waals surface area contributed by atoms with Gasteiger partial charge in [-0.15, -0.1) is 0 Å². The minimum atomic E-state index is -0.214. The van der Waals surface area contributed by atoms with E-state index in [1.54, 1.807) is 19.2 Å². The first-order chi connectivity index (χ1) is 15.0. The van der Waals surface area contributed by atoms with Crippen LogP contribution in [-0.2, 0) is 13.1 Å². The molecule has 0 radical (unpaired) electrons. The van der Waals surface area contributed by atoms with Crippen LogP contribution in [0.15, 0.2) is 66.7 Å². The molecule has 0 unspecified atom stereocenters. The van der Waals surface area contributed by atoms with Gasteiger partial charge in [0.05, 0.1) is 13.7 Å². The van der Waals surface area contributed by atoms with Crippen molar-refractivity contribution in [3.8, 4) is 5.75 Å². The second-order valence-corrected chi connectivity index (χ2v) is 7.61. The monoisotopic (exact) mass is 416 g/mol. The molecule has 1 amide bonds. The molecule has 4 nitrogen and oxygen atoms in total. The summed E-state index contributed by atoms with van der Waals surface area (Å²) in [6, 6.07) is 20.1. The van der Waals surface area contributed by atoms with E-state index in [0.29, 0.717) is 24.2 Å². The highest BCUT2D eigenvalue weighted by Crippen LogP contribution is 2.28. The molecule has 1 heterocycles. The number of carbonyl (C=O) groups is 1. The van der Waals surface area contributed by atoms with E-state index >= 15 is 0 Å². The summed E-state index contributed by atoms with van der Waals surface area (Å²) >= 11 is 0. The Morgan fingerprint density at radius 1 is 1.00 bits per heavy atom. The molecule has 0 bridgehead atoms. The van der Waals surface area contributed by atoms with Crippen molar-refractivity contribution < 1.29 is 13.9 Å². The van der Waals surface area contributed by atoms with Gasteiger partial charge in [0.15, 0.2) is 0 Å². The van der Waals surface area contributed by atoms with Crippen molar-refractivity contribution in [3.63, 3.8) is 0 Å². The number of para-hydroxylation sites is 1. The number of ether oxygens (including phenoxy) is 1. The van der Waals surface area contributed by atoms with Crippen molar-refractivity contribution in [1.29, 1.82) is 0 Å². The van der Waals surface area contributed by atoms with E-state index in [1.807, 2.05) is 62.4 Å². The molecule has 158 valence electrons. The van der Waals surface area contributed by atoms with E-state index in [-0.39, 0.29) is 11.7 Å². The van der Waals surface area contributed by atoms with E-state index in [1.165, 1.54) is 6.07 Å². The Hall–Kier alpha value is -3.60. The van der Waals surface area contributed by atoms with Crippen LogP contribution in [0.5, 0.6) is 5.75 Å². The normalized spacial score (nSPS) is 11.0. The summed E-state index contributed by atoms with van der Waals surface area (Å²) in [6.45, 7) is 4.89. The second kappa shape index (κ2) is 8.64. The summed E-state index contributed by atoms with van der Waals surface area (Å²) in [6.07, 6.45) is 0. The van der Waals surface area contributed by atoms with Crippen molar-refractivity contribution >= 4 is 16.8 Å². The van der Waals surface area contributed by atoms with Gasteiger partial charge < -0.3 is 14.6 Å². The van der Waals surface area contributed by atoms with Gasteiger partial charge >= 0.3 is 0 Å². The Kier molecular flexibility index (Phi) is 5.76. The average molecular weight is 416 g/mol. The molecule has 4 aromatic rings. The number of fused-ring (bicyclic) bond motifs is 1. The third-order valence-corrected chi connectivity index (χ3v) is 5.82. The van der Waals surface area contributed by atoms with Crippen LogP contribution in [0.3, 0.4) is 0 Å². The number of hydrogen-bond donors (Lipinski definition) is 1. The molecule has 3 aromatic carbocycles. The third-order valence-electron chi connectivity index (χ3n) is 5.82. The highest BCUT2D eigenvalue weighted by molar-refractivity contribution is 5.99. The van der Waals surface area contributed by atoms with E-state index in [2.05, 4.69) is 9.88 Å². The number of methoxy groups -OCH3 is 1. The van der Waals surface area contributed by atoms with Gasteiger partial charge in [0.25, 0.3) is 5.91 Å². The number of carbonyl (C=O) groups excluding carboxylic acids is 1. The molecule has 0 fully saturated rings. The van der Waals surface area contributed by atoms with E-state index in [0.717, 1.165) is 33.5 Å². The fourth-order valence-corrected chi connectivity index (χ4v) is 3.92. The fourth-order valence-electron chi connectivity index (χ4n) is 3.92. The first kappa shape index (κ1) is 20.7. The van der Waals surface area contributed by atoms with E-state index < -0.39 is 0 Å². The van der Waals surface area contributed by atoms with Gasteiger partial charge in [-0.25, -0.2) is 4.39 Å². The minimum Gasteiger partial charge on any atom is -0.496 e. The second-order valence-electron chi connectivity index (χ2n) is 7.61. The quantitative estimate of drug-likeness (QED) is 0.458. The van der Waals surface area contributed by atoms with Crippen LogP contribution < -0.4 is 10.1 Å². The highest BCUT2D eigenvalue weighted by atomic mass is 19.1. The number of nitrogens with zero attached hydrogens (tertiary/aromatic N) is 1. The van der Waals surface area contributed by atoms with Crippen LogP contribution in [0.4, 0.5) is 4.39 Å². The molecule has 5 heteroatoms. The van der Waals surface area contributed by atoms with E-state index in [4.69, 9.17) is 4.74 Å². The summed E-state index contributed by atoms with van der Waals surface area (Å²) < 4.78 is 21.6. The van der Waals surface area contributed by atoms with E-state index in [9.17, 15) is 9.18 Å². The standard InChI is InChI=1S/C26H25FN2O2/c1-17-18(2)29(16-21-9-4-6-10-23(21)27)24-13-12-19(14-22(17)24)26(30)28-15-20-8-5-7-11-25(20)31-3/h4-14H,15-16H2,1-3H3,(H,28,30). The highest BCUT2D eigenvalue weighted by Gasteiger charge is 2.15. The molecule has 0 spiro atoms. The molecule has 31 heavy (non-hydrogen) atoms. The smallest absolute Gasteiger partial charge is 0.251 e. The number of benzene rings is 3. The van der Waals surface area contributed by atoms with Gasteiger partial charge in [0.1, 0.15) is 11.6 Å². The van der Waals surface area contributed by atoms with Crippen LogP contribution in [0.25, 0.3) is 10.9 Å². The number of nitrogens with one attached hydrogen (secondary N) is 1. The number of halogens is 1. The summed E-state index contributed by atoms with van der Waals surface area (Å²) in [7, 11) is 1.62. The van der Waals surface area contributed by atoms with Crippen molar-refractivity contribution in [2.75, 3.05) is 7.11 Å². The van der Waals surface area contributed by atoms with Crippen LogP contribution in [0, 0.1) is 19.7 Å². The predicted molar refractivity (Wildman–Crippen MR) is 121 cm³/mol. The van der Waals surface area contributed by atoms with Gasteiger partial charge in [-0.1, -0.05) is 36.4 Å². The van der Waals surface area contributed by atoms with Crippen molar-refractivity contribution in [1.82, 2.24) is 9.88 Å². The molecule has 0 atom stereocenters. The number of aromatic nitrogens is 1. The number of rotatable bonds is 6. The number of aryl methyl sites for hydroxylation is 1. The van der Waals surface area contributed by atoms with Gasteiger partial charge in [-0.05, 0) is 49.7 Å².